The highest BCUT2D eigenvalue weighted by Gasteiger charge is 2.24. The first-order valence-electron chi connectivity index (χ1n) is 10.9. The molecule has 1 saturated carbocycles. The van der Waals surface area contributed by atoms with Crippen LogP contribution in [0, 0.1) is 11.6 Å². The van der Waals surface area contributed by atoms with Crippen molar-refractivity contribution in [3.05, 3.63) is 64.9 Å². The largest absolute Gasteiger partial charge is 0.386 e. The summed E-state index contributed by atoms with van der Waals surface area (Å²) in [4.78, 5) is 32.6. The highest BCUT2D eigenvalue weighted by atomic mass is 32.1. The topological polar surface area (TPSA) is 118 Å². The fourth-order valence-electron chi connectivity index (χ4n) is 3.72. The van der Waals surface area contributed by atoms with Gasteiger partial charge in [0.15, 0.2) is 0 Å². The molecule has 2 aromatic heterocycles. The van der Waals surface area contributed by atoms with E-state index >= 15 is 0 Å². The third kappa shape index (κ3) is 5.60. The van der Waals surface area contributed by atoms with Crippen molar-refractivity contribution in [2.45, 2.75) is 45.3 Å². The highest BCUT2D eigenvalue weighted by Crippen LogP contribution is 2.40. The lowest BCUT2D eigenvalue weighted by Gasteiger charge is -2.18. The van der Waals surface area contributed by atoms with E-state index < -0.39 is 23.1 Å². The van der Waals surface area contributed by atoms with Gasteiger partial charge in [0.05, 0.1) is 29.0 Å². The van der Waals surface area contributed by atoms with Crippen LogP contribution < -0.4 is 11.1 Å². The number of thiophene rings is 1. The van der Waals surface area contributed by atoms with Gasteiger partial charge in [0.25, 0.3) is 5.91 Å². The van der Waals surface area contributed by atoms with E-state index in [4.69, 9.17) is 5.73 Å². The molecule has 0 atom stereocenters. The summed E-state index contributed by atoms with van der Waals surface area (Å²) in [6.45, 7) is 3.17. The lowest BCUT2D eigenvalue weighted by molar-refractivity contribution is -0.116. The molecule has 0 spiro atoms. The predicted octanol–water partition coefficient (Wildman–Crippen LogP) is 4.85. The normalized spacial score (nSPS) is 15.1. The number of carbonyl (C=O) groups excluding carboxylic acids is 2. The fourth-order valence-corrected chi connectivity index (χ4v) is 4.84. The molecule has 0 radical (unpaired) electrons. The second kappa shape index (κ2) is 9.63. The quantitative estimate of drug-likeness (QED) is 0.430. The van der Waals surface area contributed by atoms with E-state index in [0.717, 1.165) is 29.2 Å². The standard InChI is InChI=1S/C25H24F2N4O3S/c1-25(2,34)13-8-18(26)22(19(27)9-13)20-11-17(23(28)33)24(35-20)31-21-5-3-4-15(30-21)12-29-14-6-7-16(32)10-14/h3-5,8-9,11,34H,6-7,10,12H2,1-2H3,(H2,28,33)(H,30,31). The minimum absolute atomic E-state index is 0.0623. The average molecular weight is 499 g/mol. The molecule has 1 aromatic carbocycles. The number of Topliss-reactive ketones (excluding diaryl/α,β-unsaturated/α-hetero) is 1. The maximum Gasteiger partial charge on any atom is 0.251 e. The third-order valence-electron chi connectivity index (χ3n) is 5.60. The van der Waals surface area contributed by atoms with Gasteiger partial charge in [-0.3, -0.25) is 14.6 Å². The molecule has 1 amide bonds. The number of benzene rings is 1. The molecule has 35 heavy (non-hydrogen) atoms. The maximum absolute atomic E-state index is 14.9. The van der Waals surface area contributed by atoms with Gasteiger partial charge in [-0.15, -0.1) is 11.3 Å². The summed E-state index contributed by atoms with van der Waals surface area (Å²) in [5.41, 5.74) is 5.44. The molecule has 0 unspecified atom stereocenters. The number of halogens is 2. The lowest BCUT2D eigenvalue weighted by Crippen LogP contribution is -2.16. The third-order valence-corrected chi connectivity index (χ3v) is 6.67. The van der Waals surface area contributed by atoms with Gasteiger partial charge in [-0.2, -0.15) is 0 Å². The molecule has 1 fully saturated rings. The van der Waals surface area contributed by atoms with Gasteiger partial charge < -0.3 is 16.2 Å². The maximum atomic E-state index is 14.9. The van der Waals surface area contributed by atoms with Gasteiger partial charge in [0.1, 0.15) is 28.2 Å². The summed E-state index contributed by atoms with van der Waals surface area (Å²) in [6.07, 6.45) is 1.56. The summed E-state index contributed by atoms with van der Waals surface area (Å²) >= 11 is 0.958. The summed E-state index contributed by atoms with van der Waals surface area (Å²) in [7, 11) is 0. The molecule has 4 N–H and O–H groups in total. The Morgan fingerprint density at radius 3 is 2.54 bits per heavy atom. The van der Waals surface area contributed by atoms with Crippen molar-refractivity contribution in [3.8, 4) is 10.4 Å². The second-order valence-corrected chi connectivity index (χ2v) is 9.88. The van der Waals surface area contributed by atoms with Crippen molar-refractivity contribution >= 4 is 39.6 Å². The van der Waals surface area contributed by atoms with E-state index in [0.29, 0.717) is 37.3 Å². The summed E-state index contributed by atoms with van der Waals surface area (Å²) < 4.78 is 29.7. The Kier molecular flexibility index (Phi) is 6.77. The molecule has 0 aliphatic heterocycles. The van der Waals surface area contributed by atoms with E-state index in [1.807, 2.05) is 0 Å². The second-order valence-electron chi connectivity index (χ2n) is 8.83. The Bertz CT molecular complexity index is 1320. The number of anilines is 2. The van der Waals surface area contributed by atoms with E-state index in [1.54, 1.807) is 18.2 Å². The van der Waals surface area contributed by atoms with Crippen LogP contribution in [-0.2, 0) is 16.9 Å². The number of ketones is 1. The van der Waals surface area contributed by atoms with Crippen molar-refractivity contribution in [2.75, 3.05) is 5.32 Å². The molecule has 10 heteroatoms. The number of hydrogen-bond acceptors (Lipinski definition) is 7. The van der Waals surface area contributed by atoms with Crippen LogP contribution in [0.1, 0.15) is 54.7 Å². The van der Waals surface area contributed by atoms with E-state index in [1.165, 1.54) is 19.9 Å². The smallest absolute Gasteiger partial charge is 0.251 e. The number of aliphatic imine (C=N–C) groups is 1. The van der Waals surface area contributed by atoms with Crippen LogP contribution >= 0.6 is 11.3 Å². The zero-order valence-corrected chi connectivity index (χ0v) is 20.0. The number of primary amides is 1. The number of aromatic nitrogens is 1. The molecule has 7 nitrogen and oxygen atoms in total. The number of amides is 1. The Labute approximate surface area is 204 Å². The fraction of sp³-hybridized carbons (Fsp3) is 0.280. The van der Waals surface area contributed by atoms with Crippen LogP contribution in [0.25, 0.3) is 10.4 Å². The first kappa shape index (κ1) is 24.6. The number of carbonyl (C=O) groups is 2. The predicted molar refractivity (Wildman–Crippen MR) is 131 cm³/mol. The number of nitrogens with two attached hydrogens (primary N) is 1. The Balaban J connectivity index is 1.62. The highest BCUT2D eigenvalue weighted by molar-refractivity contribution is 7.20. The number of nitrogens with zero attached hydrogens (tertiary/aromatic N) is 2. The van der Waals surface area contributed by atoms with Crippen LogP contribution in [0.2, 0.25) is 0 Å². The first-order chi connectivity index (χ1) is 16.5. The lowest BCUT2D eigenvalue weighted by atomic mass is 9.96. The minimum Gasteiger partial charge on any atom is -0.386 e. The van der Waals surface area contributed by atoms with E-state index in [2.05, 4.69) is 15.3 Å². The molecule has 0 saturated heterocycles. The molecule has 1 aliphatic rings. The Morgan fingerprint density at radius 1 is 1.23 bits per heavy atom. The monoisotopic (exact) mass is 498 g/mol. The number of nitrogens with one attached hydrogen (secondary N) is 1. The molecule has 3 aromatic rings. The van der Waals surface area contributed by atoms with Crippen molar-refractivity contribution in [2.24, 2.45) is 10.7 Å². The SMILES string of the molecule is CC(C)(O)c1cc(F)c(-c2cc(C(N)=O)c(Nc3cccc(CN=C4CCC(=O)C4)n3)s2)c(F)c1. The van der Waals surface area contributed by atoms with Gasteiger partial charge >= 0.3 is 0 Å². The molecule has 0 bridgehead atoms. The Morgan fingerprint density at radius 2 is 1.94 bits per heavy atom. The first-order valence-corrected chi connectivity index (χ1v) is 11.8. The number of aliphatic hydroxyl groups is 1. The van der Waals surface area contributed by atoms with E-state index in [-0.39, 0.29) is 32.4 Å². The van der Waals surface area contributed by atoms with Gasteiger partial charge in [-0.25, -0.2) is 13.8 Å². The molecule has 2 heterocycles. The molecule has 4 rings (SSSR count). The zero-order chi connectivity index (χ0) is 25.3. The molecule has 1 aliphatic carbocycles. The van der Waals surface area contributed by atoms with Crippen LogP contribution in [0.4, 0.5) is 19.6 Å². The summed E-state index contributed by atoms with van der Waals surface area (Å²) in [6, 6.07) is 8.69. The van der Waals surface area contributed by atoms with Gasteiger partial charge in [-0.1, -0.05) is 6.07 Å². The molecule has 182 valence electrons. The van der Waals surface area contributed by atoms with Gasteiger partial charge in [0, 0.05) is 23.4 Å². The van der Waals surface area contributed by atoms with Gasteiger partial charge in [0.2, 0.25) is 0 Å². The molecular formula is C25H24F2N4O3S. The number of rotatable bonds is 7. The van der Waals surface area contributed by atoms with E-state index in [9.17, 15) is 23.5 Å². The number of hydrogen-bond donors (Lipinski definition) is 3. The van der Waals surface area contributed by atoms with Crippen molar-refractivity contribution in [3.63, 3.8) is 0 Å². The van der Waals surface area contributed by atoms with Crippen LogP contribution in [-0.4, -0.2) is 27.5 Å². The minimum atomic E-state index is -1.42. The summed E-state index contributed by atoms with van der Waals surface area (Å²) in [5, 5.41) is 13.4. The van der Waals surface area contributed by atoms with Crippen LogP contribution in [0.5, 0.6) is 0 Å². The van der Waals surface area contributed by atoms with Crippen molar-refractivity contribution < 1.29 is 23.5 Å². The van der Waals surface area contributed by atoms with Crippen LogP contribution in [0.15, 0.2) is 41.4 Å². The summed E-state index contributed by atoms with van der Waals surface area (Å²) in [5.74, 6) is -1.91. The Hall–Kier alpha value is -3.50. The van der Waals surface area contributed by atoms with Crippen molar-refractivity contribution in [1.82, 2.24) is 4.98 Å². The molecular weight excluding hydrogens is 474 g/mol. The average Bonchev–Trinajstić information content (AvgIpc) is 3.37. The van der Waals surface area contributed by atoms with Gasteiger partial charge in [-0.05, 0) is 56.2 Å². The zero-order valence-electron chi connectivity index (χ0n) is 19.2. The van der Waals surface area contributed by atoms with Crippen LogP contribution in [0.3, 0.4) is 0 Å². The number of pyridine rings is 1. The van der Waals surface area contributed by atoms with Crippen molar-refractivity contribution in [1.29, 1.82) is 0 Å².